The lowest BCUT2D eigenvalue weighted by Crippen LogP contribution is -2.31. The van der Waals surface area contributed by atoms with Gasteiger partial charge in [-0.15, -0.1) is 5.10 Å². The van der Waals surface area contributed by atoms with Crippen molar-refractivity contribution >= 4 is 17.4 Å². The quantitative estimate of drug-likeness (QED) is 0.914. The normalized spacial score (nSPS) is 17.4. The van der Waals surface area contributed by atoms with E-state index >= 15 is 0 Å². The van der Waals surface area contributed by atoms with Crippen molar-refractivity contribution in [3.63, 3.8) is 0 Å². The third kappa shape index (κ3) is 3.26. The molecule has 7 heteroatoms. The maximum absolute atomic E-state index is 12.3. The molecule has 1 fully saturated rings. The summed E-state index contributed by atoms with van der Waals surface area (Å²) in [6.45, 7) is 1.30. The maximum atomic E-state index is 12.3. The largest absolute Gasteiger partial charge is 0.497 e. The van der Waals surface area contributed by atoms with Gasteiger partial charge in [-0.25, -0.2) is 0 Å². The van der Waals surface area contributed by atoms with E-state index in [9.17, 15) is 4.79 Å². The molecule has 1 aliphatic heterocycles. The lowest BCUT2D eigenvalue weighted by molar-refractivity contribution is 0.0861. The fraction of sp³-hybridized carbons (Fsp3) is 0.400. The van der Waals surface area contributed by atoms with Crippen LogP contribution in [0.3, 0.4) is 0 Å². The minimum Gasteiger partial charge on any atom is -0.497 e. The summed E-state index contributed by atoms with van der Waals surface area (Å²) >= 11 is 1.10. The molecule has 1 aliphatic rings. The Labute approximate surface area is 132 Å². The summed E-state index contributed by atoms with van der Waals surface area (Å²) in [5.74, 6) is 0.604. The Kier molecular flexibility index (Phi) is 4.65. The van der Waals surface area contributed by atoms with Crippen molar-refractivity contribution < 1.29 is 14.3 Å². The van der Waals surface area contributed by atoms with Crippen molar-refractivity contribution in [2.24, 2.45) is 0 Å². The van der Waals surface area contributed by atoms with Gasteiger partial charge in [0.25, 0.3) is 5.91 Å². The lowest BCUT2D eigenvalue weighted by atomic mass is 10.1. The molecular formula is C15H17N3O3S. The lowest BCUT2D eigenvalue weighted by Gasteiger charge is -2.10. The van der Waals surface area contributed by atoms with Gasteiger partial charge in [-0.2, -0.15) is 0 Å². The van der Waals surface area contributed by atoms with Crippen LogP contribution < -0.4 is 10.1 Å². The molecule has 1 N–H and O–H groups in total. The van der Waals surface area contributed by atoms with Crippen LogP contribution in [-0.4, -0.2) is 41.9 Å². The molecule has 0 spiro atoms. The Hall–Kier alpha value is -1.99. The number of nitrogens with zero attached hydrogens (tertiary/aromatic N) is 2. The van der Waals surface area contributed by atoms with Gasteiger partial charge in [0.05, 0.1) is 13.2 Å². The van der Waals surface area contributed by atoms with E-state index in [4.69, 9.17) is 9.47 Å². The Balaban J connectivity index is 1.71. The molecule has 2 heterocycles. The number of carbonyl (C=O) groups excluding carboxylic acids is 1. The molecule has 0 aliphatic carbocycles. The van der Waals surface area contributed by atoms with Gasteiger partial charge >= 0.3 is 0 Å². The number of benzene rings is 1. The fourth-order valence-corrected chi connectivity index (χ4v) is 2.97. The minimum absolute atomic E-state index is 0.120. The molecule has 1 unspecified atom stereocenters. The van der Waals surface area contributed by atoms with Crippen molar-refractivity contribution in [3.8, 4) is 17.0 Å². The highest BCUT2D eigenvalue weighted by molar-refractivity contribution is 7.08. The Morgan fingerprint density at radius 1 is 1.45 bits per heavy atom. The number of hydrogen-bond acceptors (Lipinski definition) is 6. The summed E-state index contributed by atoms with van der Waals surface area (Å²) in [5, 5.41) is 6.98. The van der Waals surface area contributed by atoms with Crippen molar-refractivity contribution in [2.45, 2.75) is 18.9 Å². The van der Waals surface area contributed by atoms with Crippen molar-refractivity contribution in [3.05, 3.63) is 29.1 Å². The Bertz CT molecular complexity index is 636. The molecule has 0 radical (unpaired) electrons. The van der Waals surface area contributed by atoms with E-state index in [0.717, 1.165) is 42.3 Å². The van der Waals surface area contributed by atoms with Gasteiger partial charge in [0, 0.05) is 18.7 Å². The molecule has 22 heavy (non-hydrogen) atoms. The van der Waals surface area contributed by atoms with Crippen molar-refractivity contribution in [1.29, 1.82) is 0 Å². The van der Waals surface area contributed by atoms with Crippen LogP contribution in [0.4, 0.5) is 0 Å². The van der Waals surface area contributed by atoms with Crippen LogP contribution in [0, 0.1) is 0 Å². The van der Waals surface area contributed by atoms with E-state index in [-0.39, 0.29) is 12.0 Å². The molecule has 1 aromatic carbocycles. The van der Waals surface area contributed by atoms with Crippen LogP contribution in [0.1, 0.15) is 22.5 Å². The summed E-state index contributed by atoms with van der Waals surface area (Å²) in [5.41, 5.74) is 1.44. The molecular weight excluding hydrogens is 302 g/mol. The number of carbonyl (C=O) groups is 1. The topological polar surface area (TPSA) is 73.3 Å². The van der Waals surface area contributed by atoms with Gasteiger partial charge in [-0.05, 0) is 48.6 Å². The first-order chi connectivity index (χ1) is 10.8. The smallest absolute Gasteiger partial charge is 0.265 e. The Morgan fingerprint density at radius 3 is 2.95 bits per heavy atom. The summed E-state index contributed by atoms with van der Waals surface area (Å²) in [6.07, 6.45) is 2.17. The van der Waals surface area contributed by atoms with Crippen LogP contribution in [0.15, 0.2) is 24.3 Å². The van der Waals surface area contributed by atoms with Gasteiger partial charge < -0.3 is 14.8 Å². The number of ether oxygens (including phenoxy) is 2. The van der Waals surface area contributed by atoms with Gasteiger partial charge in [0.2, 0.25) is 0 Å². The second-order valence-corrected chi connectivity index (χ2v) is 5.78. The zero-order chi connectivity index (χ0) is 15.4. The molecule has 1 saturated heterocycles. The number of methoxy groups -OCH3 is 1. The summed E-state index contributed by atoms with van der Waals surface area (Å²) in [4.78, 5) is 12.8. The number of aromatic nitrogens is 2. The number of hydrogen-bond donors (Lipinski definition) is 1. The summed E-state index contributed by atoms with van der Waals surface area (Å²) in [6, 6.07) is 7.41. The van der Waals surface area contributed by atoms with Gasteiger partial charge in [-0.3, -0.25) is 4.79 Å². The molecule has 2 aromatic rings. The summed E-state index contributed by atoms with van der Waals surface area (Å²) in [7, 11) is 1.61. The predicted octanol–water partition coefficient (Wildman–Crippen LogP) is 2.12. The average Bonchev–Trinajstić information content (AvgIpc) is 3.24. The zero-order valence-electron chi connectivity index (χ0n) is 12.2. The molecule has 1 aromatic heterocycles. The predicted molar refractivity (Wildman–Crippen MR) is 83.2 cm³/mol. The third-order valence-corrected chi connectivity index (χ3v) is 4.30. The number of nitrogens with one attached hydrogen (secondary N) is 1. The van der Waals surface area contributed by atoms with E-state index in [2.05, 4.69) is 14.9 Å². The van der Waals surface area contributed by atoms with E-state index in [1.54, 1.807) is 7.11 Å². The third-order valence-electron chi connectivity index (χ3n) is 3.57. The molecule has 6 nitrogen and oxygen atoms in total. The second-order valence-electron chi connectivity index (χ2n) is 5.02. The van der Waals surface area contributed by atoms with E-state index in [1.807, 2.05) is 24.3 Å². The molecule has 0 bridgehead atoms. The number of rotatable bonds is 5. The first-order valence-corrected chi connectivity index (χ1v) is 7.92. The standard InChI is InChI=1S/C15H17N3O3S/c1-20-11-6-4-10(5-7-11)13-14(22-18-17-13)15(19)16-9-12-3-2-8-21-12/h4-7,12H,2-3,8-9H2,1H3,(H,16,19). The first kappa shape index (κ1) is 14.9. The van der Waals surface area contributed by atoms with Crippen molar-refractivity contribution in [1.82, 2.24) is 14.9 Å². The van der Waals surface area contributed by atoms with Crippen LogP contribution in [0.5, 0.6) is 5.75 Å². The molecule has 3 rings (SSSR count). The zero-order valence-corrected chi connectivity index (χ0v) is 13.1. The van der Waals surface area contributed by atoms with Gasteiger partial charge in [-0.1, -0.05) is 4.49 Å². The highest BCUT2D eigenvalue weighted by Gasteiger charge is 2.20. The van der Waals surface area contributed by atoms with Crippen molar-refractivity contribution in [2.75, 3.05) is 20.3 Å². The SMILES string of the molecule is COc1ccc(-c2nnsc2C(=O)NCC2CCCO2)cc1. The second kappa shape index (κ2) is 6.85. The fourth-order valence-electron chi connectivity index (χ4n) is 2.37. The summed E-state index contributed by atoms with van der Waals surface area (Å²) < 4.78 is 14.5. The average molecular weight is 319 g/mol. The van der Waals surface area contributed by atoms with E-state index < -0.39 is 0 Å². The molecule has 116 valence electrons. The highest BCUT2D eigenvalue weighted by Crippen LogP contribution is 2.25. The number of amides is 1. The highest BCUT2D eigenvalue weighted by atomic mass is 32.1. The van der Waals surface area contributed by atoms with Crippen LogP contribution in [0.2, 0.25) is 0 Å². The van der Waals surface area contributed by atoms with E-state index in [1.165, 1.54) is 0 Å². The molecule has 0 saturated carbocycles. The maximum Gasteiger partial charge on any atom is 0.265 e. The van der Waals surface area contributed by atoms with Crippen LogP contribution in [-0.2, 0) is 4.74 Å². The van der Waals surface area contributed by atoms with Crippen LogP contribution in [0.25, 0.3) is 11.3 Å². The monoisotopic (exact) mass is 319 g/mol. The Morgan fingerprint density at radius 2 is 2.27 bits per heavy atom. The van der Waals surface area contributed by atoms with E-state index in [0.29, 0.717) is 17.1 Å². The van der Waals surface area contributed by atoms with Crippen LogP contribution >= 0.6 is 11.5 Å². The van der Waals surface area contributed by atoms with Gasteiger partial charge in [0.1, 0.15) is 16.3 Å². The molecule has 1 amide bonds. The molecule has 1 atom stereocenters. The minimum atomic E-state index is -0.156. The first-order valence-electron chi connectivity index (χ1n) is 7.14. The van der Waals surface area contributed by atoms with Gasteiger partial charge in [0.15, 0.2) is 0 Å².